The highest BCUT2D eigenvalue weighted by atomic mass is 19.4. The van der Waals surface area contributed by atoms with Crippen molar-refractivity contribution in [3.8, 4) is 11.5 Å². The van der Waals surface area contributed by atoms with Gasteiger partial charge in [0.1, 0.15) is 23.5 Å². The Balaban J connectivity index is 1.48. The summed E-state index contributed by atoms with van der Waals surface area (Å²) in [6.45, 7) is -1.30. The maximum atomic E-state index is 12.9. The highest BCUT2D eigenvalue weighted by Gasteiger charge is 2.66. The Morgan fingerprint density at radius 3 is 2.70 bits per heavy atom. The van der Waals surface area contributed by atoms with Crippen LogP contribution in [0.5, 0.6) is 11.5 Å². The molecule has 2 aliphatic carbocycles. The van der Waals surface area contributed by atoms with Gasteiger partial charge in [0.2, 0.25) is 0 Å². The molecule has 5 nitrogen and oxygen atoms in total. The first-order chi connectivity index (χ1) is 14.2. The molecule has 0 N–H and O–H groups in total. The van der Waals surface area contributed by atoms with E-state index >= 15 is 0 Å². The van der Waals surface area contributed by atoms with E-state index in [4.69, 9.17) is 14.2 Å². The molecule has 1 aliphatic heterocycles. The minimum Gasteiger partial charge on any atom is -0.493 e. The summed E-state index contributed by atoms with van der Waals surface area (Å²) in [6, 6.07) is 2.11. The molecule has 4 atom stereocenters. The van der Waals surface area contributed by atoms with Crippen molar-refractivity contribution >= 4 is 5.97 Å². The molecule has 0 radical (unpaired) electrons. The van der Waals surface area contributed by atoms with Crippen LogP contribution in [0.25, 0.3) is 0 Å². The third kappa shape index (κ3) is 3.82. The predicted octanol–water partition coefficient (Wildman–Crippen LogP) is 4.68. The molecule has 4 rings (SSSR count). The van der Waals surface area contributed by atoms with Crippen molar-refractivity contribution in [3.63, 3.8) is 0 Å². The second-order valence-corrected chi connectivity index (χ2v) is 7.07. The van der Waals surface area contributed by atoms with Gasteiger partial charge in [-0.15, -0.1) is 0 Å². The van der Waals surface area contributed by atoms with Gasteiger partial charge in [-0.2, -0.15) is 22.0 Å². The van der Waals surface area contributed by atoms with Crippen LogP contribution in [0.2, 0.25) is 0 Å². The molecule has 10 heteroatoms. The van der Waals surface area contributed by atoms with Gasteiger partial charge in [-0.1, -0.05) is 0 Å². The average molecular weight is 432 g/mol. The highest BCUT2D eigenvalue weighted by Crippen LogP contribution is 2.59. The van der Waals surface area contributed by atoms with E-state index < -0.39 is 24.1 Å². The van der Waals surface area contributed by atoms with Gasteiger partial charge in [0, 0.05) is 17.9 Å². The molecule has 1 aromatic carbocycles. The van der Waals surface area contributed by atoms with Crippen LogP contribution < -0.4 is 9.47 Å². The monoisotopic (exact) mass is 432 g/mol. The van der Waals surface area contributed by atoms with Gasteiger partial charge in [-0.25, -0.2) is 0 Å². The topological polar surface area (TPSA) is 54.0 Å². The first-order valence-electron chi connectivity index (χ1n) is 9.28. The normalized spacial score (nSPS) is 26.8. The molecule has 162 valence electrons. The fourth-order valence-electron chi connectivity index (χ4n) is 3.91. The summed E-state index contributed by atoms with van der Waals surface area (Å²) in [5, 5.41) is 0. The summed E-state index contributed by atoms with van der Waals surface area (Å²) in [5.74, 6) is -0.797. The Kier molecular flexibility index (Phi) is 5.11. The standard InChI is InChI=1S/C20H17F5O5/c1-2-27-18(26)16-15-11-5-4-10(8-13(11)29-17(15)16)28-12-6-3-9(20(23,24)25)7-14(12)30-19(21)22/h3-4,6-8,11,15-17,19H,2,5H2,1H3/t11?,15-,16-,17-/m1/s1. The minimum atomic E-state index is -4.72. The van der Waals surface area contributed by atoms with Crippen molar-refractivity contribution in [2.45, 2.75) is 32.2 Å². The number of rotatable bonds is 6. The molecule has 1 saturated carbocycles. The maximum Gasteiger partial charge on any atom is 0.416 e. The van der Waals surface area contributed by atoms with E-state index in [-0.39, 0.29) is 47.9 Å². The second-order valence-electron chi connectivity index (χ2n) is 7.07. The van der Waals surface area contributed by atoms with E-state index in [0.717, 1.165) is 12.1 Å². The molecule has 0 spiro atoms. The summed E-state index contributed by atoms with van der Waals surface area (Å²) >= 11 is 0. The van der Waals surface area contributed by atoms with Crippen LogP contribution in [0, 0.1) is 17.8 Å². The quantitative estimate of drug-likeness (QED) is 0.483. The molecule has 1 unspecified atom stereocenters. The molecule has 0 bridgehead atoms. The predicted molar refractivity (Wildman–Crippen MR) is 91.5 cm³/mol. The van der Waals surface area contributed by atoms with Crippen LogP contribution in [-0.2, 0) is 20.4 Å². The molecular weight excluding hydrogens is 415 g/mol. The third-order valence-corrected chi connectivity index (χ3v) is 5.24. The number of allylic oxidation sites excluding steroid dienone is 3. The van der Waals surface area contributed by atoms with Gasteiger partial charge < -0.3 is 18.9 Å². The van der Waals surface area contributed by atoms with Crippen molar-refractivity contribution in [1.82, 2.24) is 0 Å². The van der Waals surface area contributed by atoms with Gasteiger partial charge in [0.25, 0.3) is 0 Å². The van der Waals surface area contributed by atoms with Crippen LogP contribution in [0.15, 0.2) is 41.9 Å². The Morgan fingerprint density at radius 2 is 2.03 bits per heavy atom. The molecule has 1 aromatic rings. The number of halogens is 5. The van der Waals surface area contributed by atoms with Gasteiger partial charge >= 0.3 is 18.8 Å². The molecule has 1 saturated heterocycles. The zero-order valence-electron chi connectivity index (χ0n) is 15.6. The Labute approximate surface area is 168 Å². The van der Waals surface area contributed by atoms with Crippen LogP contribution in [0.1, 0.15) is 18.9 Å². The van der Waals surface area contributed by atoms with Gasteiger partial charge in [-0.3, -0.25) is 4.79 Å². The molecule has 0 amide bonds. The van der Waals surface area contributed by atoms with Crippen molar-refractivity contribution in [3.05, 3.63) is 47.4 Å². The smallest absolute Gasteiger partial charge is 0.416 e. The molecule has 30 heavy (non-hydrogen) atoms. The molecular formula is C20H17F5O5. The fraction of sp³-hybridized carbons (Fsp3) is 0.450. The van der Waals surface area contributed by atoms with E-state index in [9.17, 15) is 26.7 Å². The van der Waals surface area contributed by atoms with Crippen molar-refractivity contribution in [2.24, 2.45) is 17.8 Å². The van der Waals surface area contributed by atoms with Gasteiger partial charge in [-0.05, 0) is 37.6 Å². The first kappa shape index (κ1) is 20.5. The van der Waals surface area contributed by atoms with Crippen molar-refractivity contribution < 1.29 is 45.7 Å². The number of benzene rings is 1. The van der Waals surface area contributed by atoms with Gasteiger partial charge in [0.05, 0.1) is 12.2 Å². The highest BCUT2D eigenvalue weighted by molar-refractivity contribution is 5.78. The van der Waals surface area contributed by atoms with E-state index in [2.05, 4.69) is 4.74 Å². The summed E-state index contributed by atoms with van der Waals surface area (Å²) < 4.78 is 84.4. The minimum absolute atomic E-state index is 0.0110. The van der Waals surface area contributed by atoms with E-state index in [1.165, 1.54) is 0 Å². The number of fused-ring (bicyclic) bond motifs is 3. The fourth-order valence-corrected chi connectivity index (χ4v) is 3.91. The number of ether oxygens (including phenoxy) is 4. The number of hydrogen-bond donors (Lipinski definition) is 0. The summed E-state index contributed by atoms with van der Waals surface area (Å²) in [6.07, 6.45) is -1.29. The molecule has 3 aliphatic rings. The SMILES string of the molecule is CCOC(=O)[C@H]1[C@@H]2OC3=CC(Oc4ccc(C(F)(F)F)cc4OC(F)F)=CCC3[C@@H]21. The van der Waals surface area contributed by atoms with E-state index in [1.807, 2.05) is 0 Å². The Bertz CT molecular complexity index is 907. The zero-order chi connectivity index (χ0) is 21.6. The van der Waals surface area contributed by atoms with Crippen LogP contribution in [0.4, 0.5) is 22.0 Å². The molecule has 0 aromatic heterocycles. The largest absolute Gasteiger partial charge is 0.493 e. The number of carbonyl (C=O) groups excluding carboxylic acids is 1. The van der Waals surface area contributed by atoms with Crippen molar-refractivity contribution in [2.75, 3.05) is 6.61 Å². The lowest BCUT2D eigenvalue weighted by Crippen LogP contribution is -2.18. The van der Waals surface area contributed by atoms with Crippen molar-refractivity contribution in [1.29, 1.82) is 0 Å². The molecule has 2 fully saturated rings. The van der Waals surface area contributed by atoms with Crippen LogP contribution >= 0.6 is 0 Å². The summed E-state index contributed by atoms with van der Waals surface area (Å²) in [7, 11) is 0. The lowest BCUT2D eigenvalue weighted by molar-refractivity contribution is -0.146. The average Bonchev–Trinajstić information content (AvgIpc) is 3.24. The summed E-state index contributed by atoms with van der Waals surface area (Å²) in [4.78, 5) is 11.9. The Hall–Kier alpha value is -2.78. The number of carbonyl (C=O) groups is 1. The Morgan fingerprint density at radius 1 is 1.27 bits per heavy atom. The van der Waals surface area contributed by atoms with Crippen LogP contribution in [0.3, 0.4) is 0 Å². The third-order valence-electron chi connectivity index (χ3n) is 5.24. The maximum absolute atomic E-state index is 12.9. The zero-order valence-corrected chi connectivity index (χ0v) is 15.6. The number of hydrogen-bond acceptors (Lipinski definition) is 5. The van der Waals surface area contributed by atoms with Crippen LogP contribution in [-0.4, -0.2) is 25.3 Å². The van der Waals surface area contributed by atoms with E-state index in [0.29, 0.717) is 18.2 Å². The van der Waals surface area contributed by atoms with E-state index in [1.54, 1.807) is 19.1 Å². The number of alkyl halides is 5. The van der Waals surface area contributed by atoms with Gasteiger partial charge in [0.15, 0.2) is 11.5 Å². The second kappa shape index (κ2) is 7.48. The molecule has 1 heterocycles. The first-order valence-corrected chi connectivity index (χ1v) is 9.28. The summed E-state index contributed by atoms with van der Waals surface area (Å²) in [5.41, 5.74) is -1.13. The lowest BCUT2D eigenvalue weighted by Gasteiger charge is -2.21. The lowest BCUT2D eigenvalue weighted by atomic mass is 9.92. The number of esters is 1.